The van der Waals surface area contributed by atoms with Crippen LogP contribution in [-0.2, 0) is 14.8 Å². The molecule has 1 amide bonds. The van der Waals surface area contributed by atoms with Crippen LogP contribution in [0.1, 0.15) is 12.5 Å². The second-order valence-electron chi connectivity index (χ2n) is 4.07. The molecule has 0 aliphatic rings. The molecule has 1 aromatic carbocycles. The van der Waals surface area contributed by atoms with Gasteiger partial charge in [-0.15, -0.1) is 11.6 Å². The summed E-state index contributed by atoms with van der Waals surface area (Å²) in [4.78, 5) is 11.6. The lowest BCUT2D eigenvalue weighted by Crippen LogP contribution is -2.22. The zero-order valence-electron chi connectivity index (χ0n) is 10.1. The van der Waals surface area contributed by atoms with Crippen molar-refractivity contribution in [2.75, 3.05) is 11.2 Å². The fourth-order valence-corrected chi connectivity index (χ4v) is 1.92. The van der Waals surface area contributed by atoms with Crippen molar-refractivity contribution in [3.05, 3.63) is 23.8 Å². The van der Waals surface area contributed by atoms with Gasteiger partial charge in [0.25, 0.3) is 0 Å². The lowest BCUT2D eigenvalue weighted by molar-refractivity contribution is -0.118. The molecule has 0 bridgehead atoms. The zero-order valence-corrected chi connectivity index (χ0v) is 11.7. The molecule has 0 heterocycles. The molecule has 1 aromatic rings. The van der Waals surface area contributed by atoms with Crippen molar-refractivity contribution < 1.29 is 13.2 Å². The number of halogens is 1. The van der Waals surface area contributed by atoms with Gasteiger partial charge in [0.1, 0.15) is 0 Å². The number of primary sulfonamides is 1. The molecule has 0 aromatic heterocycles. The molecule has 1 rings (SSSR count). The van der Waals surface area contributed by atoms with E-state index in [0.717, 1.165) is 5.56 Å². The minimum absolute atomic E-state index is 0.0399. The van der Waals surface area contributed by atoms with Crippen LogP contribution in [0.3, 0.4) is 0 Å². The van der Waals surface area contributed by atoms with Crippen molar-refractivity contribution in [3.8, 4) is 0 Å². The summed E-state index contributed by atoms with van der Waals surface area (Å²) >= 11 is 5.58. The summed E-state index contributed by atoms with van der Waals surface area (Å²) in [6, 6.07) is 4.32. The van der Waals surface area contributed by atoms with Gasteiger partial charge in [0.05, 0.1) is 4.90 Å². The number of hydrogen-bond acceptors (Lipinski definition) is 3. The number of sulfonamides is 1. The molecule has 100 valence electrons. The number of carbonyl (C=O) groups is 1. The zero-order chi connectivity index (χ0) is 13.9. The second kappa shape index (κ2) is 5.69. The van der Waals surface area contributed by atoms with E-state index in [0.29, 0.717) is 5.69 Å². The maximum absolute atomic E-state index is 11.7. The molecule has 0 saturated carbocycles. The van der Waals surface area contributed by atoms with E-state index >= 15 is 0 Å². The Morgan fingerprint density at radius 3 is 2.61 bits per heavy atom. The first-order valence-electron chi connectivity index (χ1n) is 5.26. The van der Waals surface area contributed by atoms with Gasteiger partial charge in [0, 0.05) is 17.5 Å². The van der Waals surface area contributed by atoms with Crippen molar-refractivity contribution in [1.82, 2.24) is 0 Å². The number of alkyl halides is 1. The molecule has 1 atom stereocenters. The average Bonchev–Trinajstić information content (AvgIpc) is 2.29. The second-order valence-corrected chi connectivity index (χ2v) is 5.94. The monoisotopic (exact) mass is 290 g/mol. The molecule has 5 nitrogen and oxygen atoms in total. The van der Waals surface area contributed by atoms with Crippen LogP contribution in [0.15, 0.2) is 23.1 Å². The predicted octanol–water partition coefficient (Wildman–Crippen LogP) is 1.46. The van der Waals surface area contributed by atoms with E-state index in [9.17, 15) is 13.2 Å². The Bertz CT molecular complexity index is 557. The van der Waals surface area contributed by atoms with E-state index in [1.54, 1.807) is 19.9 Å². The van der Waals surface area contributed by atoms with Gasteiger partial charge in [-0.2, -0.15) is 0 Å². The minimum Gasteiger partial charge on any atom is -0.326 e. The lowest BCUT2D eigenvalue weighted by Gasteiger charge is -2.12. The molecular weight excluding hydrogens is 276 g/mol. The molecule has 3 N–H and O–H groups in total. The molecular formula is C11H15ClN2O3S. The quantitative estimate of drug-likeness (QED) is 0.823. The van der Waals surface area contributed by atoms with E-state index in [1.165, 1.54) is 12.1 Å². The number of nitrogens with two attached hydrogens (primary N) is 1. The number of aryl methyl sites for hydroxylation is 1. The highest BCUT2D eigenvalue weighted by atomic mass is 35.5. The topological polar surface area (TPSA) is 89.3 Å². The fraction of sp³-hybridized carbons (Fsp3) is 0.364. The molecule has 0 saturated heterocycles. The number of amides is 1. The molecule has 1 unspecified atom stereocenters. The summed E-state index contributed by atoms with van der Waals surface area (Å²) in [5, 5.41) is 7.66. The first-order valence-corrected chi connectivity index (χ1v) is 7.34. The molecule has 7 heteroatoms. The van der Waals surface area contributed by atoms with E-state index in [4.69, 9.17) is 16.7 Å². The number of benzene rings is 1. The maximum atomic E-state index is 11.7. The molecule has 0 aliphatic carbocycles. The van der Waals surface area contributed by atoms with Gasteiger partial charge in [-0.1, -0.05) is 13.0 Å². The van der Waals surface area contributed by atoms with Gasteiger partial charge in [-0.3, -0.25) is 4.79 Å². The van der Waals surface area contributed by atoms with Gasteiger partial charge in [-0.05, 0) is 24.6 Å². The molecule has 0 aliphatic heterocycles. The summed E-state index contributed by atoms with van der Waals surface area (Å²) in [6.45, 7) is 3.44. The third-order valence-electron chi connectivity index (χ3n) is 2.47. The van der Waals surface area contributed by atoms with Crippen LogP contribution in [0.4, 0.5) is 5.69 Å². The van der Waals surface area contributed by atoms with Crippen molar-refractivity contribution in [1.29, 1.82) is 0 Å². The summed E-state index contributed by atoms with van der Waals surface area (Å²) < 4.78 is 22.4. The minimum atomic E-state index is -3.78. The Morgan fingerprint density at radius 1 is 1.50 bits per heavy atom. The van der Waals surface area contributed by atoms with Crippen LogP contribution in [0.2, 0.25) is 0 Å². The van der Waals surface area contributed by atoms with Crippen LogP contribution in [0.5, 0.6) is 0 Å². The van der Waals surface area contributed by atoms with Crippen molar-refractivity contribution in [2.45, 2.75) is 18.7 Å². The van der Waals surface area contributed by atoms with Crippen LogP contribution in [0, 0.1) is 12.8 Å². The maximum Gasteiger partial charge on any atom is 0.238 e. The van der Waals surface area contributed by atoms with Crippen molar-refractivity contribution in [3.63, 3.8) is 0 Å². The first-order chi connectivity index (χ1) is 8.25. The molecule has 0 radical (unpaired) electrons. The summed E-state index contributed by atoms with van der Waals surface area (Å²) in [5.41, 5.74) is 1.17. The van der Waals surface area contributed by atoms with Crippen LogP contribution in [0.25, 0.3) is 0 Å². The number of anilines is 1. The highest BCUT2D eigenvalue weighted by Crippen LogP contribution is 2.20. The Morgan fingerprint density at radius 2 is 2.11 bits per heavy atom. The smallest absolute Gasteiger partial charge is 0.238 e. The highest BCUT2D eigenvalue weighted by molar-refractivity contribution is 7.89. The van der Waals surface area contributed by atoms with Crippen molar-refractivity contribution >= 4 is 33.2 Å². The largest absolute Gasteiger partial charge is 0.326 e. The Balaban J connectivity index is 3.06. The number of rotatable bonds is 4. The van der Waals surface area contributed by atoms with Crippen LogP contribution < -0.4 is 10.5 Å². The Labute approximate surface area is 111 Å². The average molecular weight is 291 g/mol. The van der Waals surface area contributed by atoms with E-state index < -0.39 is 10.0 Å². The van der Waals surface area contributed by atoms with Gasteiger partial charge in [-0.25, -0.2) is 13.6 Å². The van der Waals surface area contributed by atoms with Gasteiger partial charge >= 0.3 is 0 Å². The first kappa shape index (κ1) is 14.9. The van der Waals surface area contributed by atoms with E-state index in [2.05, 4.69) is 5.32 Å². The highest BCUT2D eigenvalue weighted by Gasteiger charge is 2.15. The fourth-order valence-electron chi connectivity index (χ4n) is 1.24. The Kier molecular flexibility index (Phi) is 4.72. The van der Waals surface area contributed by atoms with E-state index in [1.807, 2.05) is 0 Å². The summed E-state index contributed by atoms with van der Waals surface area (Å²) in [7, 11) is -3.78. The Hall–Kier alpha value is -1.11. The van der Waals surface area contributed by atoms with Crippen molar-refractivity contribution in [2.24, 2.45) is 11.1 Å². The number of carbonyl (C=O) groups excluding carboxylic acids is 1. The van der Waals surface area contributed by atoms with E-state index in [-0.39, 0.29) is 22.6 Å². The third-order valence-corrected chi connectivity index (χ3v) is 3.85. The number of hydrogen-bond donors (Lipinski definition) is 2. The van der Waals surface area contributed by atoms with Gasteiger partial charge < -0.3 is 5.32 Å². The van der Waals surface area contributed by atoms with Crippen LogP contribution in [-0.4, -0.2) is 20.2 Å². The van der Waals surface area contributed by atoms with Gasteiger partial charge in [0.15, 0.2) is 0 Å². The SMILES string of the molecule is Cc1ccc(S(N)(=O)=O)cc1NC(=O)C(C)CCl. The normalized spacial score (nSPS) is 13.1. The lowest BCUT2D eigenvalue weighted by atomic mass is 10.1. The number of nitrogens with one attached hydrogen (secondary N) is 1. The summed E-state index contributed by atoms with van der Waals surface area (Å²) in [6.07, 6.45) is 0. The standard InChI is InChI=1S/C11H15ClN2O3S/c1-7-3-4-9(18(13,16)17)5-10(7)14-11(15)8(2)6-12/h3-5,8H,6H2,1-2H3,(H,14,15)(H2,13,16,17). The predicted molar refractivity (Wildman–Crippen MR) is 71.1 cm³/mol. The molecule has 0 spiro atoms. The van der Waals surface area contributed by atoms with Crippen LogP contribution >= 0.6 is 11.6 Å². The van der Waals surface area contributed by atoms with Gasteiger partial charge in [0.2, 0.25) is 15.9 Å². The molecule has 0 fully saturated rings. The summed E-state index contributed by atoms with van der Waals surface area (Å²) in [5.74, 6) is -0.427. The third kappa shape index (κ3) is 3.69. The molecule has 18 heavy (non-hydrogen) atoms.